The van der Waals surface area contributed by atoms with Crippen molar-refractivity contribution in [1.82, 2.24) is 0 Å². The molecule has 3 aromatic rings. The van der Waals surface area contributed by atoms with Gasteiger partial charge < -0.3 is 5.11 Å². The van der Waals surface area contributed by atoms with E-state index in [-0.39, 0.29) is 16.9 Å². The molecule has 0 aliphatic carbocycles. The molecule has 150 valence electrons. The summed E-state index contributed by atoms with van der Waals surface area (Å²) in [4.78, 5) is 27.4. The summed E-state index contributed by atoms with van der Waals surface area (Å²) in [6, 6.07) is 19.3. The number of aliphatic hydroxyl groups is 1. The number of rotatable bonds is 3. The fraction of sp³-hybridized carbons (Fsp3) is 0.0833. The third-order valence-corrected chi connectivity index (χ3v) is 5.62. The second-order valence-electron chi connectivity index (χ2n) is 7.02. The minimum absolute atomic E-state index is 0.0277. The Balaban J connectivity index is 1.94. The molecule has 1 fully saturated rings. The maximum Gasteiger partial charge on any atom is 0.300 e. The van der Waals surface area contributed by atoms with E-state index in [4.69, 9.17) is 0 Å². The van der Waals surface area contributed by atoms with Crippen molar-refractivity contribution in [3.05, 3.63) is 105 Å². The van der Waals surface area contributed by atoms with E-state index < -0.39 is 23.5 Å². The summed E-state index contributed by atoms with van der Waals surface area (Å²) < 4.78 is 14.5. The molecular formula is C24H17BrFNO3. The first-order chi connectivity index (χ1) is 14.4. The predicted octanol–water partition coefficient (Wildman–Crippen LogP) is 5.52. The smallest absolute Gasteiger partial charge is 0.300 e. The normalized spacial score (nSPS) is 18.1. The number of nitrogens with zero attached hydrogens (tertiary/aromatic N) is 1. The number of aryl methyl sites for hydroxylation is 1. The zero-order valence-corrected chi connectivity index (χ0v) is 17.6. The van der Waals surface area contributed by atoms with Crippen LogP contribution in [0.15, 0.2) is 82.8 Å². The summed E-state index contributed by atoms with van der Waals surface area (Å²) in [5, 5.41) is 11.0. The molecule has 30 heavy (non-hydrogen) atoms. The van der Waals surface area contributed by atoms with Crippen LogP contribution in [0, 0.1) is 12.7 Å². The molecule has 4 rings (SSSR count). The van der Waals surface area contributed by atoms with Crippen molar-refractivity contribution in [3.8, 4) is 0 Å². The summed E-state index contributed by atoms with van der Waals surface area (Å²) >= 11 is 3.37. The number of hydrogen-bond acceptors (Lipinski definition) is 3. The molecule has 4 nitrogen and oxygen atoms in total. The van der Waals surface area contributed by atoms with Crippen LogP contribution < -0.4 is 4.90 Å². The van der Waals surface area contributed by atoms with Crippen LogP contribution in [0.5, 0.6) is 0 Å². The standard InChI is InChI=1S/C24H17BrFNO3/c1-14-13-16(7-12-19(14)26)22(28)20-21(15-5-3-2-4-6-15)27(24(30)23(20)29)18-10-8-17(25)9-11-18/h2-13,21,28H,1H3/b22-20-. The van der Waals surface area contributed by atoms with Crippen molar-refractivity contribution in [2.24, 2.45) is 0 Å². The number of halogens is 2. The Morgan fingerprint density at radius 3 is 2.30 bits per heavy atom. The van der Waals surface area contributed by atoms with E-state index >= 15 is 0 Å². The molecule has 1 atom stereocenters. The van der Waals surface area contributed by atoms with Gasteiger partial charge in [0.05, 0.1) is 11.6 Å². The van der Waals surface area contributed by atoms with Crippen molar-refractivity contribution in [2.75, 3.05) is 4.90 Å². The topological polar surface area (TPSA) is 57.6 Å². The number of hydrogen-bond donors (Lipinski definition) is 1. The highest BCUT2D eigenvalue weighted by Crippen LogP contribution is 2.42. The number of Topliss-reactive ketones (excluding diaryl/α,β-unsaturated/α-hetero) is 1. The van der Waals surface area contributed by atoms with Crippen LogP contribution in [0.25, 0.3) is 5.76 Å². The lowest BCUT2D eigenvalue weighted by Crippen LogP contribution is -2.29. The molecule has 0 saturated carbocycles. The van der Waals surface area contributed by atoms with E-state index in [1.165, 1.54) is 23.1 Å². The van der Waals surface area contributed by atoms with Gasteiger partial charge in [-0.25, -0.2) is 4.39 Å². The Bertz CT molecular complexity index is 1170. The van der Waals surface area contributed by atoms with Crippen LogP contribution in [0.4, 0.5) is 10.1 Å². The molecular weight excluding hydrogens is 449 g/mol. The van der Waals surface area contributed by atoms with E-state index in [1.54, 1.807) is 55.5 Å². The molecule has 1 amide bonds. The van der Waals surface area contributed by atoms with Gasteiger partial charge in [0.15, 0.2) is 0 Å². The Morgan fingerprint density at radius 2 is 1.67 bits per heavy atom. The van der Waals surface area contributed by atoms with Gasteiger partial charge in [0.1, 0.15) is 11.6 Å². The second-order valence-corrected chi connectivity index (χ2v) is 7.94. The predicted molar refractivity (Wildman–Crippen MR) is 117 cm³/mol. The zero-order chi connectivity index (χ0) is 21.4. The van der Waals surface area contributed by atoms with Crippen molar-refractivity contribution in [3.63, 3.8) is 0 Å². The van der Waals surface area contributed by atoms with Crippen molar-refractivity contribution >= 4 is 39.1 Å². The van der Waals surface area contributed by atoms with Crippen LogP contribution >= 0.6 is 15.9 Å². The number of amides is 1. The van der Waals surface area contributed by atoms with Crippen LogP contribution in [0.1, 0.15) is 22.7 Å². The van der Waals surface area contributed by atoms with Crippen molar-refractivity contribution < 1.29 is 19.1 Å². The Labute approximate surface area is 181 Å². The molecule has 6 heteroatoms. The lowest BCUT2D eigenvalue weighted by Gasteiger charge is -2.25. The molecule has 0 spiro atoms. The number of anilines is 1. The first kappa shape index (κ1) is 20.0. The Kier molecular flexibility index (Phi) is 5.26. The number of ketones is 1. The zero-order valence-electron chi connectivity index (χ0n) is 16.0. The monoisotopic (exact) mass is 465 g/mol. The molecule has 1 N–H and O–H groups in total. The van der Waals surface area contributed by atoms with Crippen LogP contribution in [-0.4, -0.2) is 16.8 Å². The van der Waals surface area contributed by atoms with Gasteiger partial charge in [0.25, 0.3) is 11.7 Å². The Hall–Kier alpha value is -3.25. The summed E-state index contributed by atoms with van der Waals surface area (Å²) in [5.74, 6) is -2.26. The molecule has 1 saturated heterocycles. The summed E-state index contributed by atoms with van der Waals surface area (Å²) in [5.41, 5.74) is 1.80. The number of carbonyl (C=O) groups is 2. The van der Waals surface area contributed by atoms with Gasteiger partial charge >= 0.3 is 0 Å². The molecule has 0 aromatic heterocycles. The van der Waals surface area contributed by atoms with E-state index in [9.17, 15) is 19.1 Å². The minimum atomic E-state index is -0.808. The van der Waals surface area contributed by atoms with Crippen molar-refractivity contribution in [1.29, 1.82) is 0 Å². The first-order valence-corrected chi connectivity index (χ1v) is 10.1. The minimum Gasteiger partial charge on any atom is -0.507 e. The lowest BCUT2D eigenvalue weighted by atomic mass is 9.94. The van der Waals surface area contributed by atoms with Gasteiger partial charge in [0.2, 0.25) is 0 Å². The third-order valence-electron chi connectivity index (χ3n) is 5.10. The average Bonchev–Trinajstić information content (AvgIpc) is 3.02. The number of benzene rings is 3. The molecule has 1 aliphatic heterocycles. The SMILES string of the molecule is Cc1cc(/C(O)=C2/C(=O)C(=O)N(c3ccc(Br)cc3)C2c2ccccc2)ccc1F. The van der Waals surface area contributed by atoms with Gasteiger partial charge in [-0.2, -0.15) is 0 Å². The number of carbonyl (C=O) groups excluding carboxylic acids is 2. The maximum atomic E-state index is 13.7. The Morgan fingerprint density at radius 1 is 1.00 bits per heavy atom. The van der Waals surface area contributed by atoms with E-state index in [0.717, 1.165) is 4.47 Å². The molecule has 1 heterocycles. The summed E-state index contributed by atoms with van der Waals surface area (Å²) in [7, 11) is 0. The van der Waals surface area contributed by atoms with E-state index in [2.05, 4.69) is 15.9 Å². The van der Waals surface area contributed by atoms with Crippen LogP contribution in [0.3, 0.4) is 0 Å². The first-order valence-electron chi connectivity index (χ1n) is 9.26. The van der Waals surface area contributed by atoms with E-state index in [0.29, 0.717) is 16.8 Å². The van der Waals surface area contributed by atoms with Gasteiger partial charge in [-0.15, -0.1) is 0 Å². The third kappa shape index (κ3) is 3.44. The molecule has 1 aliphatic rings. The fourth-order valence-corrected chi connectivity index (χ4v) is 3.86. The highest BCUT2D eigenvalue weighted by atomic mass is 79.9. The quantitative estimate of drug-likeness (QED) is 0.314. The highest BCUT2D eigenvalue weighted by Gasteiger charge is 2.46. The fourth-order valence-electron chi connectivity index (χ4n) is 3.60. The van der Waals surface area contributed by atoms with Gasteiger partial charge in [0, 0.05) is 15.7 Å². The molecule has 3 aromatic carbocycles. The second kappa shape index (κ2) is 7.88. The highest BCUT2D eigenvalue weighted by molar-refractivity contribution is 9.10. The number of aliphatic hydroxyl groups excluding tert-OH is 1. The van der Waals surface area contributed by atoms with Gasteiger partial charge in [-0.05, 0) is 60.5 Å². The van der Waals surface area contributed by atoms with Gasteiger partial charge in [-0.1, -0.05) is 46.3 Å². The van der Waals surface area contributed by atoms with Crippen molar-refractivity contribution in [2.45, 2.75) is 13.0 Å². The van der Waals surface area contributed by atoms with Gasteiger partial charge in [-0.3, -0.25) is 14.5 Å². The molecule has 1 unspecified atom stereocenters. The maximum absolute atomic E-state index is 13.7. The summed E-state index contributed by atoms with van der Waals surface area (Å²) in [6.45, 7) is 1.57. The lowest BCUT2D eigenvalue weighted by molar-refractivity contribution is -0.132. The van der Waals surface area contributed by atoms with E-state index in [1.807, 2.05) is 6.07 Å². The summed E-state index contributed by atoms with van der Waals surface area (Å²) in [6.07, 6.45) is 0. The van der Waals surface area contributed by atoms with Crippen LogP contribution in [-0.2, 0) is 9.59 Å². The largest absolute Gasteiger partial charge is 0.507 e. The average molecular weight is 466 g/mol. The molecule has 0 radical (unpaired) electrons. The molecule has 0 bridgehead atoms. The van der Waals surface area contributed by atoms with Crippen LogP contribution in [0.2, 0.25) is 0 Å².